The summed E-state index contributed by atoms with van der Waals surface area (Å²) in [4.78, 5) is 21.8. The molecule has 1 amide bonds. The minimum absolute atomic E-state index is 0.292. The highest BCUT2D eigenvalue weighted by Crippen LogP contribution is 2.27. The van der Waals surface area contributed by atoms with E-state index in [1.165, 1.54) is 36.4 Å². The molecule has 0 unspecified atom stereocenters. The molecule has 0 radical (unpaired) electrons. The lowest BCUT2D eigenvalue weighted by Gasteiger charge is -2.10. The number of hydrogen-bond donors (Lipinski definition) is 2. The molecule has 0 aliphatic carbocycles. The topological polar surface area (TPSA) is 84.9 Å². The second kappa shape index (κ2) is 8.06. The average Bonchev–Trinajstić information content (AvgIpc) is 2.55. The van der Waals surface area contributed by atoms with E-state index < -0.39 is 18.2 Å². The van der Waals surface area contributed by atoms with Gasteiger partial charge in [-0.1, -0.05) is 0 Å². The summed E-state index contributed by atoms with van der Waals surface area (Å²) in [6, 6.07) is 10.9. The summed E-state index contributed by atoms with van der Waals surface area (Å²) in [5, 5.41) is 10.9. The molecule has 0 fully saturated rings. The fourth-order valence-electron chi connectivity index (χ4n) is 1.78. The third-order valence-corrected chi connectivity index (χ3v) is 2.79. The molecule has 9 heteroatoms. The predicted octanol–water partition coefficient (Wildman–Crippen LogP) is 3.96. The monoisotopic (exact) mass is 367 g/mol. The molecule has 2 N–H and O–H groups in total. The third kappa shape index (κ3) is 6.56. The fourth-order valence-corrected chi connectivity index (χ4v) is 1.78. The normalized spacial score (nSPS) is 11.2. The average molecular weight is 367 g/mol. The first-order chi connectivity index (χ1) is 12.2. The second-order valence-corrected chi connectivity index (χ2v) is 4.81. The molecule has 2 rings (SSSR count). The first-order valence-electron chi connectivity index (χ1n) is 7.07. The third-order valence-electron chi connectivity index (χ3n) is 2.79. The van der Waals surface area contributed by atoms with Gasteiger partial charge in [0.1, 0.15) is 17.2 Å². The number of carbonyl (C=O) groups is 2. The molecule has 26 heavy (non-hydrogen) atoms. The molecule has 0 bridgehead atoms. The van der Waals surface area contributed by atoms with Crippen LogP contribution in [-0.2, 0) is 9.59 Å². The number of carboxylic acid groups (broad SMARTS) is 1. The lowest BCUT2D eigenvalue weighted by atomic mass is 10.3. The van der Waals surface area contributed by atoms with Crippen LogP contribution in [0.1, 0.15) is 0 Å². The molecule has 6 nitrogen and oxygen atoms in total. The van der Waals surface area contributed by atoms with Gasteiger partial charge < -0.3 is 19.9 Å². The number of nitrogens with one attached hydrogen (secondary N) is 1. The first kappa shape index (κ1) is 18.8. The SMILES string of the molecule is O=C(O)C=CC(=O)Nc1ccc(Oc2ccc(OC(F)(F)F)cc2)cc1. The van der Waals surface area contributed by atoms with Crippen molar-refractivity contribution in [1.29, 1.82) is 0 Å². The Bertz CT molecular complexity index is 799. The van der Waals surface area contributed by atoms with Crippen LogP contribution in [0.5, 0.6) is 17.2 Å². The lowest BCUT2D eigenvalue weighted by Crippen LogP contribution is -2.16. The van der Waals surface area contributed by atoms with Crippen LogP contribution >= 0.6 is 0 Å². The molecule has 0 heterocycles. The van der Waals surface area contributed by atoms with Crippen molar-refractivity contribution in [2.45, 2.75) is 6.36 Å². The summed E-state index contributed by atoms with van der Waals surface area (Å²) in [7, 11) is 0. The van der Waals surface area contributed by atoms with Crippen LogP contribution in [0.2, 0.25) is 0 Å². The number of hydrogen-bond acceptors (Lipinski definition) is 4. The van der Waals surface area contributed by atoms with Gasteiger partial charge in [0.15, 0.2) is 0 Å². The number of rotatable bonds is 6. The highest BCUT2D eigenvalue weighted by atomic mass is 19.4. The summed E-state index contributed by atoms with van der Waals surface area (Å²) >= 11 is 0. The summed E-state index contributed by atoms with van der Waals surface area (Å²) in [5.41, 5.74) is 0.409. The van der Waals surface area contributed by atoms with E-state index in [0.29, 0.717) is 23.3 Å². The Morgan fingerprint density at radius 3 is 1.88 bits per heavy atom. The first-order valence-corrected chi connectivity index (χ1v) is 7.07. The van der Waals surface area contributed by atoms with Gasteiger partial charge in [-0.2, -0.15) is 0 Å². The van der Waals surface area contributed by atoms with Crippen molar-refractivity contribution in [2.75, 3.05) is 5.32 Å². The molecule has 2 aromatic carbocycles. The van der Waals surface area contributed by atoms with Gasteiger partial charge >= 0.3 is 12.3 Å². The fraction of sp³-hybridized carbons (Fsp3) is 0.0588. The smallest absolute Gasteiger partial charge is 0.478 e. The van der Waals surface area contributed by atoms with Gasteiger partial charge in [0.25, 0.3) is 0 Å². The molecular formula is C17H12F3NO5. The van der Waals surface area contributed by atoms with Crippen LogP contribution in [0.3, 0.4) is 0 Å². The summed E-state index contributed by atoms with van der Waals surface area (Å²) < 4.78 is 45.5. The predicted molar refractivity (Wildman–Crippen MR) is 85.0 cm³/mol. The maximum Gasteiger partial charge on any atom is 0.573 e. The maximum absolute atomic E-state index is 12.1. The van der Waals surface area contributed by atoms with Crippen molar-refractivity contribution in [3.05, 3.63) is 60.7 Å². The van der Waals surface area contributed by atoms with Gasteiger partial charge in [0.05, 0.1) is 0 Å². The van der Waals surface area contributed by atoms with Crippen LogP contribution in [0.25, 0.3) is 0 Å². The Balaban J connectivity index is 1.94. The maximum atomic E-state index is 12.1. The summed E-state index contributed by atoms with van der Waals surface area (Å²) in [5.74, 6) is -1.54. The number of ether oxygens (including phenoxy) is 2. The number of carbonyl (C=O) groups excluding carboxylic acids is 1. The number of benzene rings is 2. The van der Waals surface area contributed by atoms with Gasteiger partial charge in [-0.25, -0.2) is 4.79 Å². The van der Waals surface area contributed by atoms with Crippen LogP contribution in [0, 0.1) is 0 Å². The van der Waals surface area contributed by atoms with Gasteiger partial charge in [-0.3, -0.25) is 4.79 Å². The van der Waals surface area contributed by atoms with Crippen LogP contribution in [0.15, 0.2) is 60.7 Å². The number of halogens is 3. The zero-order valence-electron chi connectivity index (χ0n) is 13.0. The van der Waals surface area contributed by atoms with E-state index in [9.17, 15) is 22.8 Å². The summed E-state index contributed by atoms with van der Waals surface area (Å²) in [6.07, 6.45) is -3.18. The van der Waals surface area contributed by atoms with Gasteiger partial charge in [0.2, 0.25) is 5.91 Å². The Kier molecular flexibility index (Phi) is 5.84. The quantitative estimate of drug-likeness (QED) is 0.755. The van der Waals surface area contributed by atoms with E-state index in [2.05, 4.69) is 10.1 Å². The van der Waals surface area contributed by atoms with Gasteiger partial charge in [0, 0.05) is 17.8 Å². The van der Waals surface area contributed by atoms with Crippen molar-refractivity contribution in [1.82, 2.24) is 0 Å². The van der Waals surface area contributed by atoms with E-state index in [0.717, 1.165) is 18.2 Å². The molecule has 0 spiro atoms. The molecule has 0 aliphatic rings. The number of anilines is 1. The second-order valence-electron chi connectivity index (χ2n) is 4.81. The minimum Gasteiger partial charge on any atom is -0.478 e. The lowest BCUT2D eigenvalue weighted by molar-refractivity contribution is -0.274. The Morgan fingerprint density at radius 1 is 0.885 bits per heavy atom. The Labute approximate surface area is 145 Å². The standard InChI is InChI=1S/C17H12F3NO5/c18-17(19,20)26-14-7-5-13(6-8-14)25-12-3-1-11(2-4-12)21-15(22)9-10-16(23)24/h1-10H,(H,21,22)(H,23,24). The zero-order valence-corrected chi connectivity index (χ0v) is 13.0. The van der Waals surface area contributed by atoms with E-state index in [-0.39, 0.29) is 5.75 Å². The zero-order chi connectivity index (χ0) is 19.2. The van der Waals surface area contributed by atoms with Crippen molar-refractivity contribution in [3.8, 4) is 17.2 Å². The molecule has 2 aromatic rings. The van der Waals surface area contributed by atoms with Crippen molar-refractivity contribution >= 4 is 17.6 Å². The molecule has 136 valence electrons. The Morgan fingerprint density at radius 2 is 1.38 bits per heavy atom. The van der Waals surface area contributed by atoms with Crippen molar-refractivity contribution in [3.63, 3.8) is 0 Å². The molecule has 0 saturated carbocycles. The highest BCUT2D eigenvalue weighted by Gasteiger charge is 2.30. The van der Waals surface area contributed by atoms with Crippen LogP contribution in [-0.4, -0.2) is 23.3 Å². The van der Waals surface area contributed by atoms with Crippen molar-refractivity contribution in [2.24, 2.45) is 0 Å². The molecular weight excluding hydrogens is 355 g/mol. The number of alkyl halides is 3. The van der Waals surface area contributed by atoms with Crippen molar-refractivity contribution < 1.29 is 37.3 Å². The molecule has 0 saturated heterocycles. The molecule has 0 aliphatic heterocycles. The van der Waals surface area contributed by atoms with E-state index in [4.69, 9.17) is 9.84 Å². The number of carboxylic acids is 1. The number of aliphatic carboxylic acids is 1. The van der Waals surface area contributed by atoms with E-state index >= 15 is 0 Å². The largest absolute Gasteiger partial charge is 0.573 e. The summed E-state index contributed by atoms with van der Waals surface area (Å²) in [6.45, 7) is 0. The minimum atomic E-state index is -4.76. The van der Waals surface area contributed by atoms with Crippen LogP contribution < -0.4 is 14.8 Å². The van der Waals surface area contributed by atoms with E-state index in [1.807, 2.05) is 0 Å². The van der Waals surface area contributed by atoms with Gasteiger partial charge in [-0.15, -0.1) is 13.2 Å². The molecule has 0 aromatic heterocycles. The molecule has 0 atom stereocenters. The highest BCUT2D eigenvalue weighted by molar-refractivity contribution is 6.02. The van der Waals surface area contributed by atoms with E-state index in [1.54, 1.807) is 0 Å². The number of amides is 1. The van der Waals surface area contributed by atoms with Gasteiger partial charge in [-0.05, 0) is 48.5 Å². The van der Waals surface area contributed by atoms with Crippen LogP contribution in [0.4, 0.5) is 18.9 Å². The Hall–Kier alpha value is -3.49.